The van der Waals surface area contributed by atoms with Crippen LogP contribution in [0, 0.1) is 5.92 Å². The highest BCUT2D eigenvalue weighted by Crippen LogP contribution is 2.29. The molecule has 1 aliphatic rings. The number of carbonyl (C=O) groups excluding carboxylic acids is 1. The molecule has 1 fully saturated rings. The van der Waals surface area contributed by atoms with Crippen LogP contribution in [0.4, 0.5) is 0 Å². The fourth-order valence-electron chi connectivity index (χ4n) is 2.18. The zero-order valence-electron chi connectivity index (χ0n) is 9.76. The lowest BCUT2D eigenvalue weighted by molar-refractivity contribution is 0.0947. The van der Waals surface area contributed by atoms with Gasteiger partial charge in [-0.15, -0.1) is 11.6 Å². The maximum atomic E-state index is 11.9. The van der Waals surface area contributed by atoms with Crippen molar-refractivity contribution in [2.45, 2.75) is 24.6 Å². The molecule has 1 aromatic rings. The molecule has 0 spiro atoms. The Hall–Kier alpha value is -0.250. The molecule has 0 radical (unpaired) electrons. The topological polar surface area (TPSA) is 29.1 Å². The van der Waals surface area contributed by atoms with E-state index < -0.39 is 0 Å². The zero-order chi connectivity index (χ0) is 13.1. The molecule has 1 aliphatic carbocycles. The molecule has 2 atom stereocenters. The van der Waals surface area contributed by atoms with Gasteiger partial charge < -0.3 is 5.32 Å². The van der Waals surface area contributed by atoms with Gasteiger partial charge in [-0.05, 0) is 59.3 Å². The number of alkyl halides is 1. The fourth-order valence-corrected chi connectivity index (χ4v) is 3.05. The van der Waals surface area contributed by atoms with Crippen LogP contribution in [0.5, 0.6) is 0 Å². The largest absolute Gasteiger partial charge is 0.352 e. The molecule has 0 saturated heterocycles. The third-order valence-corrected chi connectivity index (χ3v) is 4.82. The van der Waals surface area contributed by atoms with Crippen LogP contribution in [0.3, 0.4) is 0 Å². The molecule has 0 aliphatic heterocycles. The Morgan fingerprint density at radius 1 is 1.44 bits per heavy atom. The van der Waals surface area contributed by atoms with E-state index in [1.165, 1.54) is 0 Å². The molecule has 2 nitrogen and oxygen atoms in total. The summed E-state index contributed by atoms with van der Waals surface area (Å²) in [6.45, 7) is 0.697. The first-order valence-electron chi connectivity index (χ1n) is 5.93. The highest BCUT2D eigenvalue weighted by Gasteiger charge is 2.23. The molecule has 0 bridgehead atoms. The summed E-state index contributed by atoms with van der Waals surface area (Å²) in [5, 5.41) is 3.83. The molecule has 1 N–H and O–H groups in total. The minimum absolute atomic E-state index is 0.0645. The fraction of sp³-hybridized carbons (Fsp3) is 0.462. The molecule has 0 heterocycles. The van der Waals surface area contributed by atoms with Crippen LogP contribution in [0.2, 0.25) is 5.02 Å². The van der Waals surface area contributed by atoms with Crippen molar-refractivity contribution in [2.24, 2.45) is 5.92 Å². The third-order valence-electron chi connectivity index (χ3n) is 3.21. The first-order valence-corrected chi connectivity index (χ1v) is 7.54. The molecule has 18 heavy (non-hydrogen) atoms. The van der Waals surface area contributed by atoms with E-state index in [0.29, 0.717) is 23.0 Å². The summed E-state index contributed by atoms with van der Waals surface area (Å²) in [4.78, 5) is 11.9. The number of hydrogen-bond donors (Lipinski definition) is 1. The lowest BCUT2D eigenvalue weighted by atomic mass is 10.1. The third kappa shape index (κ3) is 3.62. The molecule has 98 valence electrons. The molecule has 2 rings (SSSR count). The van der Waals surface area contributed by atoms with Gasteiger partial charge in [0.05, 0.1) is 5.02 Å². The summed E-state index contributed by atoms with van der Waals surface area (Å²) >= 11 is 15.2. The van der Waals surface area contributed by atoms with Gasteiger partial charge in [0.15, 0.2) is 0 Å². The Morgan fingerprint density at radius 3 is 2.83 bits per heavy atom. The zero-order valence-corrected chi connectivity index (χ0v) is 12.9. The summed E-state index contributed by atoms with van der Waals surface area (Å²) in [6.07, 6.45) is 3.14. The summed E-state index contributed by atoms with van der Waals surface area (Å²) < 4.78 is 0.735. The Bertz CT molecular complexity index is 453. The van der Waals surface area contributed by atoms with Crippen molar-refractivity contribution in [3.63, 3.8) is 0 Å². The summed E-state index contributed by atoms with van der Waals surface area (Å²) in [5.41, 5.74) is 0.617. The number of hydrogen-bond acceptors (Lipinski definition) is 1. The van der Waals surface area contributed by atoms with E-state index in [1.807, 2.05) is 0 Å². The minimum atomic E-state index is -0.0645. The maximum Gasteiger partial charge on any atom is 0.251 e. The quantitative estimate of drug-likeness (QED) is 0.811. The Kier molecular flexibility index (Phi) is 4.93. The van der Waals surface area contributed by atoms with Gasteiger partial charge in [0.25, 0.3) is 5.91 Å². The van der Waals surface area contributed by atoms with Crippen LogP contribution in [0.15, 0.2) is 22.7 Å². The number of amides is 1. The van der Waals surface area contributed by atoms with Crippen molar-refractivity contribution in [1.82, 2.24) is 5.32 Å². The minimum Gasteiger partial charge on any atom is -0.352 e. The Morgan fingerprint density at radius 2 is 2.22 bits per heavy atom. The van der Waals surface area contributed by atoms with Crippen LogP contribution in [-0.2, 0) is 0 Å². The van der Waals surface area contributed by atoms with Crippen molar-refractivity contribution in [3.8, 4) is 0 Å². The number of rotatable bonds is 3. The van der Waals surface area contributed by atoms with Gasteiger partial charge in [0.1, 0.15) is 0 Å². The highest BCUT2D eigenvalue weighted by molar-refractivity contribution is 9.10. The average Bonchev–Trinajstić information content (AvgIpc) is 2.75. The number of nitrogens with one attached hydrogen (secondary N) is 1. The van der Waals surface area contributed by atoms with E-state index >= 15 is 0 Å². The van der Waals surface area contributed by atoms with Crippen LogP contribution < -0.4 is 5.32 Å². The lowest BCUT2D eigenvalue weighted by Gasteiger charge is -2.11. The van der Waals surface area contributed by atoms with Gasteiger partial charge in [-0.25, -0.2) is 0 Å². The van der Waals surface area contributed by atoms with Gasteiger partial charge in [-0.1, -0.05) is 11.6 Å². The maximum absolute atomic E-state index is 11.9. The first kappa shape index (κ1) is 14.2. The van der Waals surface area contributed by atoms with Crippen molar-refractivity contribution in [1.29, 1.82) is 0 Å². The molecule has 0 aromatic heterocycles. The molecule has 1 saturated carbocycles. The summed E-state index contributed by atoms with van der Waals surface area (Å²) in [6, 6.07) is 5.17. The number of benzene rings is 1. The van der Waals surface area contributed by atoms with E-state index in [-0.39, 0.29) is 11.3 Å². The number of halogens is 3. The van der Waals surface area contributed by atoms with Gasteiger partial charge in [-0.2, -0.15) is 0 Å². The predicted molar refractivity (Wildman–Crippen MR) is 78.5 cm³/mol. The smallest absolute Gasteiger partial charge is 0.251 e. The second-order valence-corrected chi connectivity index (χ2v) is 6.49. The van der Waals surface area contributed by atoms with E-state index in [0.717, 1.165) is 23.7 Å². The predicted octanol–water partition coefficient (Wildman–Crippen LogP) is 4.24. The summed E-state index contributed by atoms with van der Waals surface area (Å²) in [7, 11) is 0. The number of carbonyl (C=O) groups is 1. The molecule has 5 heteroatoms. The van der Waals surface area contributed by atoms with Crippen LogP contribution >= 0.6 is 39.1 Å². The average molecular weight is 351 g/mol. The first-order chi connectivity index (χ1) is 8.56. The molecular formula is C13H14BrCl2NO. The molecule has 2 unspecified atom stereocenters. The standard InChI is InChI=1S/C13H14BrCl2NO/c14-11-6-9(2-4-12(11)16)13(18)17-7-8-1-3-10(15)5-8/h2,4,6,8,10H,1,3,5,7H2,(H,17,18). The summed E-state index contributed by atoms with van der Waals surface area (Å²) in [5.74, 6) is 0.442. The Labute approximate surface area is 125 Å². The van der Waals surface area contributed by atoms with E-state index in [2.05, 4.69) is 21.2 Å². The van der Waals surface area contributed by atoms with Crippen LogP contribution in [-0.4, -0.2) is 17.8 Å². The Balaban J connectivity index is 1.89. The van der Waals surface area contributed by atoms with Crippen molar-refractivity contribution in [3.05, 3.63) is 33.3 Å². The van der Waals surface area contributed by atoms with E-state index in [4.69, 9.17) is 23.2 Å². The van der Waals surface area contributed by atoms with E-state index in [1.54, 1.807) is 18.2 Å². The SMILES string of the molecule is O=C(NCC1CCC(Cl)C1)c1ccc(Cl)c(Br)c1. The van der Waals surface area contributed by atoms with Gasteiger partial charge in [0.2, 0.25) is 0 Å². The highest BCUT2D eigenvalue weighted by atomic mass is 79.9. The van der Waals surface area contributed by atoms with Crippen LogP contribution in [0.1, 0.15) is 29.6 Å². The van der Waals surface area contributed by atoms with Gasteiger partial charge in [-0.3, -0.25) is 4.79 Å². The second-order valence-electron chi connectivity index (χ2n) is 4.62. The molecule has 1 amide bonds. The lowest BCUT2D eigenvalue weighted by Crippen LogP contribution is -2.28. The molecule has 1 aromatic carbocycles. The van der Waals surface area contributed by atoms with Gasteiger partial charge in [0, 0.05) is 22.0 Å². The van der Waals surface area contributed by atoms with Crippen molar-refractivity contribution in [2.75, 3.05) is 6.54 Å². The monoisotopic (exact) mass is 349 g/mol. The van der Waals surface area contributed by atoms with Gasteiger partial charge >= 0.3 is 0 Å². The van der Waals surface area contributed by atoms with Crippen molar-refractivity contribution >= 4 is 45.0 Å². The van der Waals surface area contributed by atoms with Crippen LogP contribution in [0.25, 0.3) is 0 Å². The normalized spacial score (nSPS) is 23.1. The van der Waals surface area contributed by atoms with E-state index in [9.17, 15) is 4.79 Å². The second kappa shape index (κ2) is 6.27. The van der Waals surface area contributed by atoms with Crippen molar-refractivity contribution < 1.29 is 4.79 Å². The molecular weight excluding hydrogens is 337 g/mol.